The van der Waals surface area contributed by atoms with E-state index in [0.29, 0.717) is 0 Å². The summed E-state index contributed by atoms with van der Waals surface area (Å²) in [7, 11) is 1.37. The quantitative estimate of drug-likeness (QED) is 0.541. The predicted molar refractivity (Wildman–Crippen MR) is 54.3 cm³/mol. The molecule has 0 fully saturated rings. The molecule has 0 aromatic carbocycles. The van der Waals surface area contributed by atoms with Crippen molar-refractivity contribution in [2.75, 3.05) is 13.7 Å². The Hall–Kier alpha value is -1.14. The van der Waals surface area contributed by atoms with Gasteiger partial charge in [0.2, 0.25) is 5.91 Å². The Morgan fingerprint density at radius 1 is 1.47 bits per heavy atom. The molecule has 0 bridgehead atoms. The Kier molecular flexibility index (Phi) is 5.88. The van der Waals surface area contributed by atoms with Gasteiger partial charge >= 0.3 is 5.97 Å². The smallest absolute Gasteiger partial charge is 0.328 e. The van der Waals surface area contributed by atoms with E-state index in [1.54, 1.807) is 13.8 Å². The molecule has 0 rings (SSSR count). The van der Waals surface area contributed by atoms with Crippen LogP contribution in [0.3, 0.4) is 0 Å². The first-order valence-electron chi connectivity index (χ1n) is 4.67. The molecule has 2 atom stereocenters. The largest absolute Gasteiger partial charge is 0.480 e. The minimum atomic E-state index is -1.14. The lowest BCUT2D eigenvalue weighted by molar-refractivity contribution is -0.143. The van der Waals surface area contributed by atoms with Crippen LogP contribution in [0.5, 0.6) is 0 Å². The zero-order valence-corrected chi connectivity index (χ0v) is 9.19. The molecule has 0 saturated carbocycles. The second kappa shape index (κ2) is 6.36. The molecule has 0 aliphatic heterocycles. The summed E-state index contributed by atoms with van der Waals surface area (Å²) in [6, 6.07) is -1.75. The molecule has 0 aromatic rings. The van der Waals surface area contributed by atoms with Gasteiger partial charge in [-0.05, 0) is 5.92 Å². The number of amides is 1. The molecule has 88 valence electrons. The van der Waals surface area contributed by atoms with Gasteiger partial charge in [-0.25, -0.2) is 4.79 Å². The Bertz CT molecular complexity index is 230. The van der Waals surface area contributed by atoms with Crippen LogP contribution in [0.15, 0.2) is 0 Å². The Balaban J connectivity index is 4.28. The zero-order valence-electron chi connectivity index (χ0n) is 9.19. The summed E-state index contributed by atoms with van der Waals surface area (Å²) < 4.78 is 4.67. The molecule has 0 radical (unpaired) electrons. The van der Waals surface area contributed by atoms with Crippen molar-refractivity contribution in [3.63, 3.8) is 0 Å². The maximum Gasteiger partial charge on any atom is 0.328 e. The third-order valence-corrected chi connectivity index (χ3v) is 1.97. The number of rotatable bonds is 6. The van der Waals surface area contributed by atoms with Crippen molar-refractivity contribution in [1.29, 1.82) is 0 Å². The SMILES string of the molecule is COCC(NC(=O)[C@H](N)C(C)C)C(=O)O. The summed E-state index contributed by atoms with van der Waals surface area (Å²) in [4.78, 5) is 22.1. The number of hydrogen-bond acceptors (Lipinski definition) is 4. The first-order chi connectivity index (χ1) is 6.90. The highest BCUT2D eigenvalue weighted by Crippen LogP contribution is 1.98. The van der Waals surface area contributed by atoms with E-state index in [1.807, 2.05) is 0 Å². The maximum atomic E-state index is 11.4. The van der Waals surface area contributed by atoms with Crippen molar-refractivity contribution in [3.8, 4) is 0 Å². The van der Waals surface area contributed by atoms with Crippen LogP contribution in [0, 0.1) is 5.92 Å². The van der Waals surface area contributed by atoms with Gasteiger partial charge in [0.05, 0.1) is 12.6 Å². The number of hydrogen-bond donors (Lipinski definition) is 3. The number of nitrogens with one attached hydrogen (secondary N) is 1. The summed E-state index contributed by atoms with van der Waals surface area (Å²) in [5.74, 6) is -1.66. The molecule has 1 amide bonds. The van der Waals surface area contributed by atoms with Crippen molar-refractivity contribution in [2.24, 2.45) is 11.7 Å². The highest BCUT2D eigenvalue weighted by Gasteiger charge is 2.24. The molecular weight excluding hydrogens is 200 g/mol. The third-order valence-electron chi connectivity index (χ3n) is 1.97. The molecule has 6 nitrogen and oxygen atoms in total. The number of carboxylic acids is 1. The molecule has 0 aliphatic carbocycles. The first kappa shape index (κ1) is 13.9. The van der Waals surface area contributed by atoms with Gasteiger partial charge in [0.15, 0.2) is 6.04 Å². The van der Waals surface area contributed by atoms with E-state index < -0.39 is 24.0 Å². The van der Waals surface area contributed by atoms with Crippen LogP contribution < -0.4 is 11.1 Å². The number of carboxylic acid groups (broad SMARTS) is 1. The van der Waals surface area contributed by atoms with Crippen LogP contribution in [0.1, 0.15) is 13.8 Å². The van der Waals surface area contributed by atoms with Gasteiger partial charge in [-0.15, -0.1) is 0 Å². The maximum absolute atomic E-state index is 11.4. The Labute approximate surface area is 88.8 Å². The third kappa shape index (κ3) is 4.75. The molecule has 0 saturated heterocycles. The van der Waals surface area contributed by atoms with Crippen molar-refractivity contribution in [1.82, 2.24) is 5.32 Å². The van der Waals surface area contributed by atoms with Crippen LogP contribution >= 0.6 is 0 Å². The lowest BCUT2D eigenvalue weighted by Gasteiger charge is -2.19. The highest BCUT2D eigenvalue weighted by atomic mass is 16.5. The molecule has 1 unspecified atom stereocenters. The number of ether oxygens (including phenoxy) is 1. The van der Waals surface area contributed by atoms with Crippen molar-refractivity contribution >= 4 is 11.9 Å². The molecular formula is C9H18N2O4. The Morgan fingerprint density at radius 2 is 2.00 bits per heavy atom. The van der Waals surface area contributed by atoms with E-state index in [1.165, 1.54) is 7.11 Å². The molecule has 15 heavy (non-hydrogen) atoms. The fraction of sp³-hybridized carbons (Fsp3) is 0.778. The van der Waals surface area contributed by atoms with Gasteiger partial charge in [-0.1, -0.05) is 13.8 Å². The molecule has 6 heteroatoms. The van der Waals surface area contributed by atoms with Crippen LogP contribution in [0.4, 0.5) is 0 Å². The monoisotopic (exact) mass is 218 g/mol. The topological polar surface area (TPSA) is 102 Å². The van der Waals surface area contributed by atoms with Crippen molar-refractivity contribution < 1.29 is 19.4 Å². The van der Waals surface area contributed by atoms with E-state index in [2.05, 4.69) is 10.1 Å². The minimum absolute atomic E-state index is 0.0398. The van der Waals surface area contributed by atoms with Crippen molar-refractivity contribution in [3.05, 3.63) is 0 Å². The van der Waals surface area contributed by atoms with Gasteiger partial charge in [-0.2, -0.15) is 0 Å². The lowest BCUT2D eigenvalue weighted by Crippen LogP contribution is -2.51. The second-order valence-electron chi connectivity index (χ2n) is 3.62. The standard InChI is InChI=1S/C9H18N2O4/c1-5(2)7(10)8(12)11-6(4-15-3)9(13)14/h5-7H,4,10H2,1-3H3,(H,11,12)(H,13,14)/t6?,7-/m1/s1. The summed E-state index contributed by atoms with van der Waals surface area (Å²) in [6.45, 7) is 3.50. The summed E-state index contributed by atoms with van der Waals surface area (Å²) >= 11 is 0. The van der Waals surface area contributed by atoms with Crippen molar-refractivity contribution in [2.45, 2.75) is 25.9 Å². The van der Waals surface area contributed by atoms with Gasteiger partial charge in [0.25, 0.3) is 0 Å². The van der Waals surface area contributed by atoms with Crippen LogP contribution in [0.25, 0.3) is 0 Å². The summed E-state index contributed by atoms with van der Waals surface area (Å²) in [5.41, 5.74) is 5.56. The van der Waals surface area contributed by atoms with E-state index in [9.17, 15) is 9.59 Å². The fourth-order valence-electron chi connectivity index (χ4n) is 0.912. The Morgan fingerprint density at radius 3 is 2.33 bits per heavy atom. The van der Waals surface area contributed by atoms with E-state index in [-0.39, 0.29) is 12.5 Å². The van der Waals surface area contributed by atoms with Crippen LogP contribution in [-0.2, 0) is 14.3 Å². The normalized spacial score (nSPS) is 14.7. The first-order valence-corrected chi connectivity index (χ1v) is 4.67. The molecule has 0 heterocycles. The zero-order chi connectivity index (χ0) is 12.0. The average Bonchev–Trinajstić information content (AvgIpc) is 2.15. The number of methoxy groups -OCH3 is 1. The number of carbonyl (C=O) groups is 2. The van der Waals surface area contributed by atoms with Crippen LogP contribution in [0.2, 0.25) is 0 Å². The van der Waals surface area contributed by atoms with Gasteiger partial charge in [0.1, 0.15) is 0 Å². The highest BCUT2D eigenvalue weighted by molar-refractivity contribution is 5.86. The number of aliphatic carboxylic acids is 1. The van der Waals surface area contributed by atoms with E-state index in [4.69, 9.17) is 10.8 Å². The minimum Gasteiger partial charge on any atom is -0.480 e. The molecule has 0 aromatic heterocycles. The molecule has 4 N–H and O–H groups in total. The van der Waals surface area contributed by atoms with E-state index in [0.717, 1.165) is 0 Å². The lowest BCUT2D eigenvalue weighted by atomic mass is 10.0. The summed E-state index contributed by atoms with van der Waals surface area (Å²) in [6.07, 6.45) is 0. The predicted octanol–water partition coefficient (Wildman–Crippen LogP) is -0.814. The number of carbonyl (C=O) groups excluding carboxylic acids is 1. The second-order valence-corrected chi connectivity index (χ2v) is 3.62. The fourth-order valence-corrected chi connectivity index (χ4v) is 0.912. The van der Waals surface area contributed by atoms with Gasteiger partial charge in [0, 0.05) is 7.11 Å². The molecule has 0 aliphatic rings. The van der Waals surface area contributed by atoms with Gasteiger partial charge < -0.3 is 20.9 Å². The molecule has 0 spiro atoms. The summed E-state index contributed by atoms with van der Waals surface area (Å²) in [5, 5.41) is 11.0. The average molecular weight is 218 g/mol. The van der Waals surface area contributed by atoms with E-state index >= 15 is 0 Å². The van der Waals surface area contributed by atoms with Crippen LogP contribution in [-0.4, -0.2) is 42.8 Å². The van der Waals surface area contributed by atoms with Gasteiger partial charge in [-0.3, -0.25) is 4.79 Å². The number of nitrogens with two attached hydrogens (primary N) is 1.